The standard InChI is InChI=1S/C17H21N5O2/c1-11-8-19-12(9-18-11)10-20-17(23)15-7-14(21-22-15)13-5-3-4-6-16(13)24-2/h3-6,8-9,14-15,21-22H,7,10H2,1-2H3,(H,20,23). The molecule has 2 heterocycles. The highest BCUT2D eigenvalue weighted by Crippen LogP contribution is 2.29. The lowest BCUT2D eigenvalue weighted by Crippen LogP contribution is -2.43. The van der Waals surface area contributed by atoms with Crippen molar-refractivity contribution in [2.75, 3.05) is 7.11 Å². The van der Waals surface area contributed by atoms with E-state index >= 15 is 0 Å². The Balaban J connectivity index is 1.57. The molecular weight excluding hydrogens is 306 g/mol. The predicted molar refractivity (Wildman–Crippen MR) is 89.0 cm³/mol. The smallest absolute Gasteiger partial charge is 0.238 e. The van der Waals surface area contributed by atoms with E-state index in [1.165, 1.54) is 0 Å². The molecule has 126 valence electrons. The number of carbonyl (C=O) groups is 1. The number of aryl methyl sites for hydroxylation is 1. The van der Waals surface area contributed by atoms with Crippen molar-refractivity contribution in [2.24, 2.45) is 0 Å². The summed E-state index contributed by atoms with van der Waals surface area (Å²) in [6.45, 7) is 2.24. The summed E-state index contributed by atoms with van der Waals surface area (Å²) in [6.07, 6.45) is 4.01. The maximum atomic E-state index is 12.3. The van der Waals surface area contributed by atoms with Crippen LogP contribution in [-0.2, 0) is 11.3 Å². The van der Waals surface area contributed by atoms with Gasteiger partial charge < -0.3 is 10.1 Å². The third kappa shape index (κ3) is 3.69. The van der Waals surface area contributed by atoms with Gasteiger partial charge in [-0.2, -0.15) is 0 Å². The quantitative estimate of drug-likeness (QED) is 0.760. The van der Waals surface area contributed by atoms with Crippen LogP contribution in [0.4, 0.5) is 0 Å². The van der Waals surface area contributed by atoms with Gasteiger partial charge in [0.05, 0.1) is 37.3 Å². The number of methoxy groups -OCH3 is 1. The molecule has 3 rings (SSSR count). The van der Waals surface area contributed by atoms with Crippen molar-refractivity contribution in [1.29, 1.82) is 0 Å². The van der Waals surface area contributed by atoms with Gasteiger partial charge in [-0.15, -0.1) is 0 Å². The zero-order valence-corrected chi connectivity index (χ0v) is 13.7. The molecule has 0 spiro atoms. The van der Waals surface area contributed by atoms with Crippen LogP contribution in [0.3, 0.4) is 0 Å². The molecule has 2 unspecified atom stereocenters. The van der Waals surface area contributed by atoms with Gasteiger partial charge in [0.1, 0.15) is 11.8 Å². The summed E-state index contributed by atoms with van der Waals surface area (Å²) >= 11 is 0. The van der Waals surface area contributed by atoms with Gasteiger partial charge in [-0.1, -0.05) is 18.2 Å². The fraction of sp³-hybridized carbons (Fsp3) is 0.353. The van der Waals surface area contributed by atoms with E-state index in [4.69, 9.17) is 4.74 Å². The van der Waals surface area contributed by atoms with Crippen LogP contribution in [0.5, 0.6) is 5.75 Å². The normalized spacial score (nSPS) is 19.9. The lowest BCUT2D eigenvalue weighted by atomic mass is 10.0. The summed E-state index contributed by atoms with van der Waals surface area (Å²) in [5.41, 5.74) is 8.84. The highest BCUT2D eigenvalue weighted by molar-refractivity contribution is 5.82. The third-order valence-electron chi connectivity index (χ3n) is 4.01. The topological polar surface area (TPSA) is 88.2 Å². The van der Waals surface area contributed by atoms with Gasteiger partial charge in [0.2, 0.25) is 5.91 Å². The molecule has 1 aromatic carbocycles. The van der Waals surface area contributed by atoms with Gasteiger partial charge in [-0.25, -0.2) is 10.9 Å². The summed E-state index contributed by atoms with van der Waals surface area (Å²) in [4.78, 5) is 20.7. The minimum atomic E-state index is -0.307. The number of nitrogens with one attached hydrogen (secondary N) is 3. The number of para-hydroxylation sites is 1. The number of rotatable bonds is 5. The van der Waals surface area contributed by atoms with Crippen LogP contribution in [0.15, 0.2) is 36.7 Å². The number of amides is 1. The van der Waals surface area contributed by atoms with Gasteiger partial charge >= 0.3 is 0 Å². The monoisotopic (exact) mass is 327 g/mol. The second-order valence-corrected chi connectivity index (χ2v) is 5.74. The van der Waals surface area contributed by atoms with Gasteiger partial charge in [-0.05, 0) is 19.4 Å². The average molecular weight is 327 g/mol. The van der Waals surface area contributed by atoms with Gasteiger partial charge in [-0.3, -0.25) is 14.8 Å². The molecule has 7 heteroatoms. The first-order chi connectivity index (χ1) is 11.7. The van der Waals surface area contributed by atoms with E-state index in [9.17, 15) is 4.79 Å². The number of hydrogen-bond acceptors (Lipinski definition) is 6. The number of aromatic nitrogens is 2. The highest BCUT2D eigenvalue weighted by atomic mass is 16.5. The molecule has 0 radical (unpaired) electrons. The molecule has 3 N–H and O–H groups in total. The van der Waals surface area contributed by atoms with Crippen molar-refractivity contribution >= 4 is 5.91 Å². The fourth-order valence-corrected chi connectivity index (χ4v) is 2.70. The number of benzene rings is 1. The first-order valence-corrected chi connectivity index (χ1v) is 7.86. The van der Waals surface area contributed by atoms with E-state index < -0.39 is 0 Å². The molecule has 0 aliphatic carbocycles. The lowest BCUT2D eigenvalue weighted by Gasteiger charge is -2.14. The van der Waals surface area contributed by atoms with Gasteiger partial charge in [0, 0.05) is 11.8 Å². The number of nitrogens with zero attached hydrogens (tertiary/aromatic N) is 2. The molecule has 0 saturated carbocycles. The first-order valence-electron chi connectivity index (χ1n) is 7.86. The Labute approximate surface area is 140 Å². The Morgan fingerprint density at radius 1 is 1.29 bits per heavy atom. The van der Waals surface area contributed by atoms with E-state index in [1.807, 2.05) is 31.2 Å². The second kappa shape index (κ2) is 7.37. The van der Waals surface area contributed by atoms with E-state index in [-0.39, 0.29) is 18.0 Å². The van der Waals surface area contributed by atoms with Crippen molar-refractivity contribution in [3.8, 4) is 5.75 Å². The maximum absolute atomic E-state index is 12.3. The van der Waals surface area contributed by atoms with E-state index in [0.29, 0.717) is 13.0 Å². The maximum Gasteiger partial charge on any atom is 0.238 e. The number of hydrazine groups is 1. The Kier molecular flexibility index (Phi) is 5.02. The summed E-state index contributed by atoms with van der Waals surface area (Å²) in [5, 5.41) is 2.89. The van der Waals surface area contributed by atoms with E-state index in [2.05, 4.69) is 26.1 Å². The van der Waals surface area contributed by atoms with Gasteiger partial charge in [0.25, 0.3) is 0 Å². The molecule has 0 bridgehead atoms. The van der Waals surface area contributed by atoms with Crippen molar-refractivity contribution in [3.05, 3.63) is 53.6 Å². The molecular formula is C17H21N5O2. The first kappa shape index (κ1) is 16.4. The Morgan fingerprint density at radius 3 is 2.88 bits per heavy atom. The summed E-state index contributed by atoms with van der Waals surface area (Å²) in [5.74, 6) is 0.745. The van der Waals surface area contributed by atoms with Crippen LogP contribution in [-0.4, -0.2) is 29.0 Å². The number of hydrogen-bond donors (Lipinski definition) is 3. The largest absolute Gasteiger partial charge is 0.496 e. The Hall–Kier alpha value is -2.51. The van der Waals surface area contributed by atoms with E-state index in [1.54, 1.807) is 19.5 Å². The van der Waals surface area contributed by atoms with Crippen LogP contribution >= 0.6 is 0 Å². The van der Waals surface area contributed by atoms with Crippen LogP contribution in [0.1, 0.15) is 29.4 Å². The van der Waals surface area contributed by atoms with Crippen LogP contribution in [0, 0.1) is 6.92 Å². The van der Waals surface area contributed by atoms with Crippen molar-refractivity contribution in [3.63, 3.8) is 0 Å². The second-order valence-electron chi connectivity index (χ2n) is 5.74. The van der Waals surface area contributed by atoms with Crippen LogP contribution in [0.25, 0.3) is 0 Å². The minimum Gasteiger partial charge on any atom is -0.496 e. The molecule has 1 fully saturated rings. The predicted octanol–water partition coefficient (Wildman–Crippen LogP) is 1.02. The Morgan fingerprint density at radius 2 is 2.12 bits per heavy atom. The summed E-state index contributed by atoms with van der Waals surface area (Å²) in [6, 6.07) is 7.52. The van der Waals surface area contributed by atoms with Crippen LogP contribution < -0.4 is 20.9 Å². The van der Waals surface area contributed by atoms with E-state index in [0.717, 1.165) is 22.7 Å². The minimum absolute atomic E-state index is 0.0241. The fourth-order valence-electron chi connectivity index (χ4n) is 2.70. The number of ether oxygens (including phenoxy) is 1. The summed E-state index contributed by atoms with van der Waals surface area (Å²) < 4.78 is 5.38. The zero-order valence-electron chi connectivity index (χ0n) is 13.7. The van der Waals surface area contributed by atoms with Gasteiger partial charge in [0.15, 0.2) is 0 Å². The van der Waals surface area contributed by atoms with Crippen molar-refractivity contribution < 1.29 is 9.53 Å². The third-order valence-corrected chi connectivity index (χ3v) is 4.01. The highest BCUT2D eigenvalue weighted by Gasteiger charge is 2.31. The van der Waals surface area contributed by atoms with Crippen molar-refractivity contribution in [2.45, 2.75) is 32.0 Å². The number of carbonyl (C=O) groups excluding carboxylic acids is 1. The summed E-state index contributed by atoms with van der Waals surface area (Å²) in [7, 11) is 1.65. The Bertz CT molecular complexity index is 704. The average Bonchev–Trinajstić information content (AvgIpc) is 3.11. The molecule has 1 aliphatic rings. The lowest BCUT2D eigenvalue weighted by molar-refractivity contribution is -0.123. The molecule has 1 amide bonds. The molecule has 1 aliphatic heterocycles. The molecule has 24 heavy (non-hydrogen) atoms. The van der Waals surface area contributed by atoms with Crippen molar-refractivity contribution in [1.82, 2.24) is 26.1 Å². The zero-order chi connectivity index (χ0) is 16.9. The molecule has 7 nitrogen and oxygen atoms in total. The molecule has 1 aromatic heterocycles. The van der Waals surface area contributed by atoms with Crippen LogP contribution in [0.2, 0.25) is 0 Å². The molecule has 1 saturated heterocycles. The molecule has 2 aromatic rings. The molecule has 2 atom stereocenters. The SMILES string of the molecule is COc1ccccc1C1CC(C(=O)NCc2cnc(C)cn2)NN1.